The van der Waals surface area contributed by atoms with E-state index in [9.17, 15) is 5.11 Å². The van der Waals surface area contributed by atoms with Gasteiger partial charge in [0.15, 0.2) is 0 Å². The highest BCUT2D eigenvalue weighted by Crippen LogP contribution is 2.17. The lowest BCUT2D eigenvalue weighted by Gasteiger charge is -2.28. The van der Waals surface area contributed by atoms with Gasteiger partial charge in [0.1, 0.15) is 0 Å². The summed E-state index contributed by atoms with van der Waals surface area (Å²) in [5.41, 5.74) is 0. The molecule has 0 heterocycles. The molecule has 3 N–H and O–H groups in total. The Morgan fingerprint density at radius 1 is 1.05 bits per heavy atom. The van der Waals surface area contributed by atoms with Gasteiger partial charge in [0, 0.05) is 32.4 Å². The predicted octanol–water partition coefficient (Wildman–Crippen LogP) is 0.368. The predicted molar refractivity (Wildman–Crippen MR) is 76.0 cm³/mol. The summed E-state index contributed by atoms with van der Waals surface area (Å²) in [6, 6.07) is 0.755. The minimum Gasteiger partial charge on any atom is -0.394 e. The summed E-state index contributed by atoms with van der Waals surface area (Å²) in [5, 5.41) is 21.0. The summed E-state index contributed by atoms with van der Waals surface area (Å²) >= 11 is 0. The summed E-state index contributed by atoms with van der Waals surface area (Å²) in [7, 11) is -2.53. The van der Waals surface area contributed by atoms with Crippen LogP contribution in [-0.2, 0) is 13.3 Å². The van der Waals surface area contributed by atoms with Crippen LogP contribution in [0.5, 0.6) is 0 Å². The van der Waals surface area contributed by atoms with Crippen molar-refractivity contribution in [2.45, 2.75) is 39.3 Å². The largest absolute Gasteiger partial charge is 0.500 e. The molecule has 0 saturated heterocycles. The van der Waals surface area contributed by atoms with Gasteiger partial charge in [-0.15, -0.1) is 0 Å². The van der Waals surface area contributed by atoms with Crippen molar-refractivity contribution in [3.8, 4) is 0 Å². The van der Waals surface area contributed by atoms with Crippen LogP contribution in [0.15, 0.2) is 0 Å². The van der Waals surface area contributed by atoms with Crippen molar-refractivity contribution in [2.24, 2.45) is 0 Å². The number of aliphatic hydroxyl groups is 2. The van der Waals surface area contributed by atoms with Crippen LogP contribution in [0.1, 0.15) is 27.2 Å². The molecule has 0 radical (unpaired) electrons. The molecule has 0 aromatic rings. The second kappa shape index (κ2) is 11.8. The van der Waals surface area contributed by atoms with Crippen molar-refractivity contribution >= 4 is 8.80 Å². The second-order valence-electron chi connectivity index (χ2n) is 4.13. The summed E-state index contributed by atoms with van der Waals surface area (Å²) in [6.45, 7) is 8.49. The first-order valence-electron chi connectivity index (χ1n) is 7.05. The number of hydrogen-bond donors (Lipinski definition) is 3. The molecule has 0 saturated carbocycles. The van der Waals surface area contributed by atoms with Crippen molar-refractivity contribution in [1.82, 2.24) is 5.32 Å². The van der Waals surface area contributed by atoms with E-state index in [-0.39, 0.29) is 6.61 Å². The number of aliphatic hydroxyl groups excluding tert-OH is 2. The fourth-order valence-corrected chi connectivity index (χ4v) is 4.38. The van der Waals surface area contributed by atoms with Crippen LogP contribution in [0, 0.1) is 0 Å². The molecule has 0 aliphatic carbocycles. The van der Waals surface area contributed by atoms with Gasteiger partial charge < -0.3 is 28.8 Å². The zero-order valence-corrected chi connectivity index (χ0v) is 13.4. The molecule has 1 unspecified atom stereocenters. The average molecular weight is 295 g/mol. The lowest BCUT2D eigenvalue weighted by molar-refractivity contribution is 0.0705. The molecule has 7 heteroatoms. The van der Waals surface area contributed by atoms with Crippen LogP contribution in [0.3, 0.4) is 0 Å². The minimum absolute atomic E-state index is 0.220. The first-order valence-corrected chi connectivity index (χ1v) is 8.98. The third kappa shape index (κ3) is 8.69. The zero-order valence-electron chi connectivity index (χ0n) is 12.4. The fourth-order valence-electron chi connectivity index (χ4n) is 1.76. The molecular formula is C12H29NO5Si. The Morgan fingerprint density at radius 3 is 2.00 bits per heavy atom. The van der Waals surface area contributed by atoms with E-state index in [0.29, 0.717) is 26.4 Å². The Balaban J connectivity index is 4.03. The van der Waals surface area contributed by atoms with Gasteiger partial charge in [-0.1, -0.05) is 0 Å². The van der Waals surface area contributed by atoms with E-state index in [0.717, 1.165) is 19.0 Å². The van der Waals surface area contributed by atoms with Gasteiger partial charge in [0.05, 0.1) is 12.7 Å². The quantitative estimate of drug-likeness (QED) is 0.336. The van der Waals surface area contributed by atoms with E-state index in [1.807, 2.05) is 20.8 Å². The second-order valence-corrected chi connectivity index (χ2v) is 6.86. The van der Waals surface area contributed by atoms with E-state index in [1.165, 1.54) is 0 Å². The highest BCUT2D eigenvalue weighted by Gasteiger charge is 2.39. The Labute approximate surface area is 117 Å². The van der Waals surface area contributed by atoms with Gasteiger partial charge in [0.2, 0.25) is 0 Å². The molecule has 0 spiro atoms. The molecular weight excluding hydrogens is 266 g/mol. The van der Waals surface area contributed by atoms with Crippen molar-refractivity contribution in [1.29, 1.82) is 0 Å². The Kier molecular flexibility index (Phi) is 11.8. The van der Waals surface area contributed by atoms with Gasteiger partial charge in [-0.2, -0.15) is 0 Å². The summed E-state index contributed by atoms with van der Waals surface area (Å²) in [6.07, 6.45) is 0.150. The van der Waals surface area contributed by atoms with Crippen molar-refractivity contribution < 1.29 is 23.5 Å². The highest BCUT2D eigenvalue weighted by molar-refractivity contribution is 6.60. The summed E-state index contributed by atoms with van der Waals surface area (Å²) < 4.78 is 17.2. The summed E-state index contributed by atoms with van der Waals surface area (Å²) in [5.74, 6) is 0. The zero-order chi connectivity index (χ0) is 14.6. The summed E-state index contributed by atoms with van der Waals surface area (Å²) in [4.78, 5) is 0. The number of rotatable bonds is 13. The van der Waals surface area contributed by atoms with Gasteiger partial charge in [-0.3, -0.25) is 0 Å². The molecule has 116 valence electrons. The minimum atomic E-state index is -2.53. The van der Waals surface area contributed by atoms with Gasteiger partial charge in [-0.05, 0) is 33.7 Å². The third-order valence-electron chi connectivity index (χ3n) is 2.52. The highest BCUT2D eigenvalue weighted by atomic mass is 28.4. The molecule has 6 nitrogen and oxygen atoms in total. The van der Waals surface area contributed by atoms with Gasteiger partial charge in [0.25, 0.3) is 0 Å². The molecule has 0 amide bonds. The van der Waals surface area contributed by atoms with Crippen LogP contribution >= 0.6 is 0 Å². The lowest BCUT2D eigenvalue weighted by atomic mass is 10.3. The Bertz CT molecular complexity index is 192. The van der Waals surface area contributed by atoms with Crippen molar-refractivity contribution in [3.05, 3.63) is 0 Å². The van der Waals surface area contributed by atoms with E-state index in [1.54, 1.807) is 0 Å². The standard InChI is InChI=1S/C12H29NO5Si/c1-4-16-19(17-5-2,18-6-3)9-7-8-13-10-12(15)11-14/h12-15H,4-11H2,1-3H3. The Hall–Kier alpha value is -0.0231. The SMILES string of the molecule is CCO[Si](CCCNCC(O)CO)(OCC)OCC. The molecule has 0 aromatic carbocycles. The van der Waals surface area contributed by atoms with E-state index >= 15 is 0 Å². The molecule has 0 fully saturated rings. The fraction of sp³-hybridized carbons (Fsp3) is 1.00. The van der Waals surface area contributed by atoms with Crippen molar-refractivity contribution in [3.63, 3.8) is 0 Å². The topological polar surface area (TPSA) is 80.2 Å². The van der Waals surface area contributed by atoms with Gasteiger partial charge in [-0.25, -0.2) is 0 Å². The molecule has 0 aliphatic rings. The molecule has 0 rings (SSSR count). The maximum absolute atomic E-state index is 9.19. The van der Waals surface area contributed by atoms with Crippen LogP contribution in [-0.4, -0.2) is 64.6 Å². The average Bonchev–Trinajstić information content (AvgIpc) is 2.39. The van der Waals surface area contributed by atoms with E-state index < -0.39 is 14.9 Å². The first-order chi connectivity index (χ1) is 9.14. The lowest BCUT2D eigenvalue weighted by Crippen LogP contribution is -2.46. The van der Waals surface area contributed by atoms with E-state index in [4.69, 9.17) is 18.4 Å². The molecule has 0 aliphatic heterocycles. The molecule has 1 atom stereocenters. The molecule has 19 heavy (non-hydrogen) atoms. The smallest absolute Gasteiger partial charge is 0.394 e. The van der Waals surface area contributed by atoms with Crippen molar-refractivity contribution in [2.75, 3.05) is 39.5 Å². The number of hydrogen-bond acceptors (Lipinski definition) is 6. The van der Waals surface area contributed by atoms with Crippen LogP contribution in [0.25, 0.3) is 0 Å². The first kappa shape index (κ1) is 19.0. The molecule has 0 bridgehead atoms. The normalized spacial score (nSPS) is 13.7. The van der Waals surface area contributed by atoms with Crippen LogP contribution in [0.2, 0.25) is 6.04 Å². The van der Waals surface area contributed by atoms with E-state index in [2.05, 4.69) is 5.32 Å². The van der Waals surface area contributed by atoms with Gasteiger partial charge >= 0.3 is 8.80 Å². The maximum atomic E-state index is 9.19. The maximum Gasteiger partial charge on any atom is 0.500 e. The third-order valence-corrected chi connectivity index (χ3v) is 5.67. The molecule has 0 aromatic heterocycles. The Morgan fingerprint density at radius 2 is 1.58 bits per heavy atom. The van der Waals surface area contributed by atoms with Crippen LogP contribution in [0.4, 0.5) is 0 Å². The van der Waals surface area contributed by atoms with Crippen LogP contribution < -0.4 is 5.32 Å². The monoisotopic (exact) mass is 295 g/mol. The number of nitrogens with one attached hydrogen (secondary N) is 1.